The van der Waals surface area contributed by atoms with E-state index in [4.69, 9.17) is 18.9 Å². The summed E-state index contributed by atoms with van der Waals surface area (Å²) in [5.74, 6) is 0.126. The van der Waals surface area contributed by atoms with Gasteiger partial charge in [0.1, 0.15) is 18.0 Å². The number of carbonyl (C=O) groups excluding carboxylic acids is 1. The van der Waals surface area contributed by atoms with Gasteiger partial charge in [0.2, 0.25) is 0 Å². The normalized spacial score (nSPS) is 24.6. The van der Waals surface area contributed by atoms with E-state index in [9.17, 15) is 15.0 Å². The molecule has 0 unspecified atom stereocenters. The number of ether oxygens (including phenoxy) is 4. The molecule has 0 saturated carbocycles. The maximum atomic E-state index is 12.3. The topological polar surface area (TPSA) is 94.5 Å². The highest BCUT2D eigenvalue weighted by Gasteiger charge is 2.46. The number of benzene rings is 2. The molecular weight excluding hydrogens is 352 g/mol. The van der Waals surface area contributed by atoms with Gasteiger partial charge in [-0.05, 0) is 29.8 Å². The van der Waals surface area contributed by atoms with Crippen molar-refractivity contribution < 1.29 is 34.0 Å². The summed E-state index contributed by atoms with van der Waals surface area (Å²) >= 11 is 0. The van der Waals surface area contributed by atoms with Crippen LogP contribution in [0.25, 0.3) is 0 Å². The average molecular weight is 374 g/mol. The van der Waals surface area contributed by atoms with Crippen molar-refractivity contribution in [3.63, 3.8) is 0 Å². The third-order valence-corrected chi connectivity index (χ3v) is 4.30. The van der Waals surface area contributed by atoms with E-state index in [0.717, 1.165) is 11.3 Å². The molecule has 0 radical (unpaired) electrons. The van der Waals surface area contributed by atoms with Crippen LogP contribution in [0.3, 0.4) is 0 Å². The highest BCUT2D eigenvalue weighted by atomic mass is 16.7. The first-order valence-electron chi connectivity index (χ1n) is 8.57. The molecule has 1 saturated heterocycles. The third-order valence-electron chi connectivity index (χ3n) is 4.30. The van der Waals surface area contributed by atoms with Crippen LogP contribution in [0.15, 0.2) is 54.6 Å². The van der Waals surface area contributed by atoms with E-state index in [1.807, 2.05) is 12.1 Å². The number of hydrogen-bond acceptors (Lipinski definition) is 7. The Bertz CT molecular complexity index is 732. The molecule has 1 aliphatic rings. The molecule has 2 N–H and O–H groups in total. The maximum Gasteiger partial charge on any atom is 0.338 e. The van der Waals surface area contributed by atoms with E-state index in [1.165, 1.54) is 0 Å². The second-order valence-corrected chi connectivity index (χ2v) is 6.11. The van der Waals surface area contributed by atoms with Crippen LogP contribution in [0.2, 0.25) is 0 Å². The first-order chi connectivity index (χ1) is 13.1. The van der Waals surface area contributed by atoms with Crippen LogP contribution in [0.1, 0.15) is 15.9 Å². The molecule has 7 heteroatoms. The zero-order chi connectivity index (χ0) is 19.2. The smallest absolute Gasteiger partial charge is 0.338 e. The van der Waals surface area contributed by atoms with Gasteiger partial charge in [-0.3, -0.25) is 0 Å². The van der Waals surface area contributed by atoms with E-state index < -0.39 is 37.2 Å². The van der Waals surface area contributed by atoms with Crippen molar-refractivity contribution in [2.24, 2.45) is 0 Å². The van der Waals surface area contributed by atoms with Gasteiger partial charge in [-0.2, -0.15) is 0 Å². The molecule has 2 aromatic rings. The summed E-state index contributed by atoms with van der Waals surface area (Å²) in [6.45, 7) is -0.234. The lowest BCUT2D eigenvalue weighted by Crippen LogP contribution is -2.38. The minimum absolute atomic E-state index is 0.179. The zero-order valence-corrected chi connectivity index (χ0v) is 14.9. The Balaban J connectivity index is 1.66. The van der Waals surface area contributed by atoms with Crippen LogP contribution in [0.4, 0.5) is 0 Å². The van der Waals surface area contributed by atoms with Crippen LogP contribution < -0.4 is 4.74 Å². The van der Waals surface area contributed by atoms with Gasteiger partial charge in [0.15, 0.2) is 12.4 Å². The van der Waals surface area contributed by atoms with Crippen LogP contribution in [0.5, 0.6) is 5.75 Å². The van der Waals surface area contributed by atoms with Gasteiger partial charge in [0.25, 0.3) is 0 Å². The summed E-state index contributed by atoms with van der Waals surface area (Å²) in [5.41, 5.74) is 1.21. The summed E-state index contributed by atoms with van der Waals surface area (Å²) in [7, 11) is 1.58. The largest absolute Gasteiger partial charge is 0.497 e. The van der Waals surface area contributed by atoms with Gasteiger partial charge in [-0.25, -0.2) is 4.79 Å². The molecule has 0 amide bonds. The Morgan fingerprint density at radius 1 is 1.11 bits per heavy atom. The Kier molecular flexibility index (Phi) is 6.41. The van der Waals surface area contributed by atoms with Crippen molar-refractivity contribution in [2.75, 3.05) is 13.7 Å². The Morgan fingerprint density at radius 3 is 2.44 bits per heavy atom. The monoisotopic (exact) mass is 374 g/mol. The first kappa shape index (κ1) is 19.3. The summed E-state index contributed by atoms with van der Waals surface area (Å²) < 4.78 is 21.7. The molecule has 4 atom stereocenters. The van der Waals surface area contributed by atoms with Gasteiger partial charge >= 0.3 is 5.97 Å². The molecular formula is C20H22O7. The number of methoxy groups -OCH3 is 1. The molecule has 1 fully saturated rings. The highest BCUT2D eigenvalue weighted by molar-refractivity contribution is 5.89. The van der Waals surface area contributed by atoms with Crippen LogP contribution in [-0.2, 0) is 20.8 Å². The van der Waals surface area contributed by atoms with Crippen molar-refractivity contribution >= 4 is 5.97 Å². The maximum absolute atomic E-state index is 12.3. The fourth-order valence-electron chi connectivity index (χ4n) is 2.78. The molecule has 0 spiro atoms. The van der Waals surface area contributed by atoms with Crippen molar-refractivity contribution in [2.45, 2.75) is 31.2 Å². The molecule has 144 valence electrons. The third kappa shape index (κ3) is 4.64. The number of carbonyl (C=O) groups is 1. The van der Waals surface area contributed by atoms with Crippen LogP contribution in [0, 0.1) is 0 Å². The lowest BCUT2D eigenvalue weighted by atomic mass is 10.1. The predicted octanol–water partition coefficient (Wildman–Crippen LogP) is 1.52. The highest BCUT2D eigenvalue weighted by Crippen LogP contribution is 2.27. The SMILES string of the molecule is COc1ccc(CO[C@H]2O[C@H](CO)[C@@H](O)[C@@H]2OC(=O)c2ccccc2)cc1. The van der Waals surface area contributed by atoms with Gasteiger partial charge < -0.3 is 29.2 Å². The summed E-state index contributed by atoms with van der Waals surface area (Å²) in [4.78, 5) is 12.3. The minimum Gasteiger partial charge on any atom is -0.497 e. The molecule has 1 aliphatic heterocycles. The Hall–Kier alpha value is -2.45. The van der Waals surface area contributed by atoms with Gasteiger partial charge in [-0.1, -0.05) is 30.3 Å². The molecule has 1 heterocycles. The van der Waals surface area contributed by atoms with Crippen molar-refractivity contribution in [1.82, 2.24) is 0 Å². The van der Waals surface area contributed by atoms with Gasteiger partial charge in [0.05, 0.1) is 25.9 Å². The van der Waals surface area contributed by atoms with E-state index in [0.29, 0.717) is 5.56 Å². The number of aliphatic hydroxyl groups excluding tert-OH is 2. The van der Waals surface area contributed by atoms with Gasteiger partial charge in [-0.15, -0.1) is 0 Å². The predicted molar refractivity (Wildman–Crippen MR) is 95.2 cm³/mol. The Morgan fingerprint density at radius 2 is 1.81 bits per heavy atom. The van der Waals surface area contributed by atoms with Crippen molar-refractivity contribution in [1.29, 1.82) is 0 Å². The second kappa shape index (κ2) is 8.96. The molecule has 3 rings (SSSR count). The lowest BCUT2D eigenvalue weighted by Gasteiger charge is -2.21. The molecule has 0 bridgehead atoms. The minimum atomic E-state index is -1.19. The first-order valence-corrected chi connectivity index (χ1v) is 8.57. The molecule has 0 aromatic heterocycles. The molecule has 2 aromatic carbocycles. The second-order valence-electron chi connectivity index (χ2n) is 6.11. The molecule has 27 heavy (non-hydrogen) atoms. The summed E-state index contributed by atoms with van der Waals surface area (Å²) in [5, 5.41) is 19.7. The van der Waals surface area contributed by atoms with E-state index in [-0.39, 0.29) is 6.61 Å². The number of aliphatic hydroxyl groups is 2. The van der Waals surface area contributed by atoms with Crippen molar-refractivity contribution in [3.8, 4) is 5.75 Å². The average Bonchev–Trinajstić information content (AvgIpc) is 3.02. The lowest BCUT2D eigenvalue weighted by molar-refractivity contribution is -0.176. The van der Waals surface area contributed by atoms with Crippen molar-refractivity contribution in [3.05, 3.63) is 65.7 Å². The molecule has 0 aliphatic carbocycles. The Labute approximate surface area is 157 Å². The molecule has 7 nitrogen and oxygen atoms in total. The number of rotatable bonds is 7. The van der Waals surface area contributed by atoms with E-state index in [1.54, 1.807) is 49.6 Å². The zero-order valence-electron chi connectivity index (χ0n) is 14.9. The summed E-state index contributed by atoms with van der Waals surface area (Å²) in [6.07, 6.45) is -4.12. The number of esters is 1. The summed E-state index contributed by atoms with van der Waals surface area (Å²) in [6, 6.07) is 15.7. The van der Waals surface area contributed by atoms with E-state index in [2.05, 4.69) is 0 Å². The fourth-order valence-corrected chi connectivity index (χ4v) is 2.78. The van der Waals surface area contributed by atoms with Crippen LogP contribution in [-0.4, -0.2) is 54.5 Å². The standard InChI is InChI=1S/C20H22O7/c1-24-15-9-7-13(8-10-15)12-25-20-18(17(22)16(11-21)26-20)27-19(23)14-5-3-2-4-6-14/h2-10,16-18,20-22H,11-12H2,1H3/t16-,17-,18+,20+/m1/s1. The van der Waals surface area contributed by atoms with Gasteiger partial charge in [0, 0.05) is 0 Å². The number of hydrogen-bond donors (Lipinski definition) is 2. The fraction of sp³-hybridized carbons (Fsp3) is 0.350. The quantitative estimate of drug-likeness (QED) is 0.710. The van der Waals surface area contributed by atoms with E-state index >= 15 is 0 Å². The van der Waals surface area contributed by atoms with Crippen LogP contribution >= 0.6 is 0 Å².